The molecule has 0 N–H and O–H groups in total. The van der Waals surface area contributed by atoms with Gasteiger partial charge < -0.3 is 4.74 Å². The van der Waals surface area contributed by atoms with Crippen LogP contribution in [-0.4, -0.2) is 6.10 Å². The van der Waals surface area contributed by atoms with Crippen LogP contribution in [0.5, 0.6) is 5.75 Å². The molecule has 3 heteroatoms. The van der Waals surface area contributed by atoms with Gasteiger partial charge in [-0.1, -0.05) is 24.4 Å². The summed E-state index contributed by atoms with van der Waals surface area (Å²) in [5.74, 6) is 0.849. The molecule has 64 valence electrons. The molecule has 0 atom stereocenters. The first-order chi connectivity index (χ1) is 5.77. The zero-order chi connectivity index (χ0) is 8.55. The standard InChI is InChI=1S/C9H10OS2/c11-8-5-7(9(8)12)10-6-3-1-2-4-6/h5-6H,1-4H2. The molecule has 1 fully saturated rings. The second kappa shape index (κ2) is 3.23. The Hall–Kier alpha value is -0.280. The molecule has 12 heavy (non-hydrogen) atoms. The van der Waals surface area contributed by atoms with E-state index >= 15 is 0 Å². The fourth-order valence-corrected chi connectivity index (χ4v) is 1.94. The molecular formula is C9H10OS2. The van der Waals surface area contributed by atoms with Crippen LogP contribution in [0.15, 0.2) is 6.07 Å². The summed E-state index contributed by atoms with van der Waals surface area (Å²) in [4.78, 5) is 0. The zero-order valence-corrected chi connectivity index (χ0v) is 8.34. The molecule has 0 spiro atoms. The minimum Gasteiger partial charge on any atom is -0.489 e. The molecular weight excluding hydrogens is 188 g/mol. The molecule has 0 unspecified atom stereocenters. The van der Waals surface area contributed by atoms with E-state index in [1.807, 2.05) is 6.07 Å². The van der Waals surface area contributed by atoms with Crippen molar-refractivity contribution in [1.29, 1.82) is 0 Å². The second-order valence-corrected chi connectivity index (χ2v) is 4.07. The van der Waals surface area contributed by atoms with Crippen LogP contribution in [0, 0.1) is 9.02 Å². The third kappa shape index (κ3) is 1.43. The highest BCUT2D eigenvalue weighted by molar-refractivity contribution is 7.74. The molecule has 1 saturated carbocycles. The topological polar surface area (TPSA) is 9.23 Å². The zero-order valence-electron chi connectivity index (χ0n) is 6.71. The SMILES string of the molecule is S=c1cc(OC2CCCC2)c1=S. The lowest BCUT2D eigenvalue weighted by atomic mass is 10.3. The summed E-state index contributed by atoms with van der Waals surface area (Å²) in [6.07, 6.45) is 5.32. The van der Waals surface area contributed by atoms with Crippen LogP contribution in [0.1, 0.15) is 25.7 Å². The van der Waals surface area contributed by atoms with Gasteiger partial charge in [0.25, 0.3) is 0 Å². The van der Waals surface area contributed by atoms with E-state index < -0.39 is 0 Å². The van der Waals surface area contributed by atoms with Gasteiger partial charge in [0, 0.05) is 6.07 Å². The Morgan fingerprint density at radius 2 is 1.92 bits per heavy atom. The smallest absolute Gasteiger partial charge is 0.140 e. The molecule has 0 saturated heterocycles. The Kier molecular flexibility index (Phi) is 2.24. The van der Waals surface area contributed by atoms with Gasteiger partial charge in [-0.15, -0.1) is 0 Å². The minimum absolute atomic E-state index is 0.400. The number of rotatable bonds is 2. The van der Waals surface area contributed by atoms with Gasteiger partial charge in [0.2, 0.25) is 0 Å². The first-order valence-electron chi connectivity index (χ1n) is 4.24. The fourth-order valence-electron chi connectivity index (χ4n) is 1.57. The molecule has 0 radical (unpaired) electrons. The first kappa shape index (κ1) is 8.32. The number of hydrogen-bond acceptors (Lipinski definition) is 3. The monoisotopic (exact) mass is 198 g/mol. The van der Waals surface area contributed by atoms with Gasteiger partial charge in [-0.2, -0.15) is 0 Å². The lowest BCUT2D eigenvalue weighted by Crippen LogP contribution is -2.11. The first-order valence-corrected chi connectivity index (χ1v) is 5.06. The largest absolute Gasteiger partial charge is 0.489 e. The maximum atomic E-state index is 5.66. The van der Waals surface area contributed by atoms with Crippen LogP contribution >= 0.6 is 24.4 Å². The van der Waals surface area contributed by atoms with E-state index in [0.29, 0.717) is 6.10 Å². The van der Waals surface area contributed by atoms with Gasteiger partial charge in [-0.3, -0.25) is 0 Å². The van der Waals surface area contributed by atoms with Crippen LogP contribution in [0.3, 0.4) is 0 Å². The van der Waals surface area contributed by atoms with Gasteiger partial charge in [0.15, 0.2) is 0 Å². The van der Waals surface area contributed by atoms with Crippen molar-refractivity contribution in [3.05, 3.63) is 15.1 Å². The average Bonchev–Trinajstić information content (AvgIpc) is 2.56. The van der Waals surface area contributed by atoms with Crippen LogP contribution < -0.4 is 4.74 Å². The summed E-state index contributed by atoms with van der Waals surface area (Å²) in [6, 6.07) is 1.86. The molecule has 1 aliphatic rings. The van der Waals surface area contributed by atoms with Crippen LogP contribution in [0.4, 0.5) is 0 Å². The third-order valence-electron chi connectivity index (χ3n) is 2.31. The molecule has 1 nitrogen and oxygen atoms in total. The summed E-state index contributed by atoms with van der Waals surface area (Å²) in [7, 11) is 0. The molecule has 0 aliphatic heterocycles. The van der Waals surface area contributed by atoms with Crippen LogP contribution in [0.2, 0.25) is 0 Å². The van der Waals surface area contributed by atoms with E-state index in [1.54, 1.807) is 0 Å². The van der Waals surface area contributed by atoms with Crippen molar-refractivity contribution >= 4 is 24.4 Å². The van der Waals surface area contributed by atoms with E-state index in [2.05, 4.69) is 0 Å². The molecule has 1 aromatic carbocycles. The van der Waals surface area contributed by atoms with Crippen molar-refractivity contribution in [3.8, 4) is 5.75 Å². The summed E-state index contributed by atoms with van der Waals surface area (Å²) < 4.78 is 7.19. The van der Waals surface area contributed by atoms with Gasteiger partial charge >= 0.3 is 0 Å². The van der Waals surface area contributed by atoms with Gasteiger partial charge in [0.1, 0.15) is 5.75 Å². The maximum absolute atomic E-state index is 5.66. The predicted octanol–water partition coefficient (Wildman–Crippen LogP) is 3.34. The maximum Gasteiger partial charge on any atom is 0.140 e. The minimum atomic E-state index is 0.400. The average molecular weight is 198 g/mol. The Bertz CT molecular complexity index is 343. The molecule has 2 rings (SSSR count). The molecule has 1 aromatic rings. The molecule has 0 amide bonds. The van der Waals surface area contributed by atoms with Crippen molar-refractivity contribution in [3.63, 3.8) is 0 Å². The Morgan fingerprint density at radius 3 is 2.42 bits per heavy atom. The van der Waals surface area contributed by atoms with Crippen molar-refractivity contribution < 1.29 is 4.74 Å². The molecule has 0 heterocycles. The fraction of sp³-hybridized carbons (Fsp3) is 0.556. The van der Waals surface area contributed by atoms with Gasteiger partial charge in [-0.25, -0.2) is 0 Å². The predicted molar refractivity (Wildman–Crippen MR) is 53.4 cm³/mol. The Balaban J connectivity index is 2.01. The lowest BCUT2D eigenvalue weighted by molar-refractivity contribution is 0.207. The highest BCUT2D eigenvalue weighted by Crippen LogP contribution is 2.27. The van der Waals surface area contributed by atoms with Gasteiger partial charge in [-0.05, 0) is 25.7 Å². The number of hydrogen-bond donors (Lipinski definition) is 0. The lowest BCUT2D eigenvalue weighted by Gasteiger charge is -2.14. The highest BCUT2D eigenvalue weighted by Gasteiger charge is 2.18. The molecule has 0 aromatic heterocycles. The van der Waals surface area contributed by atoms with Crippen molar-refractivity contribution in [2.24, 2.45) is 0 Å². The van der Waals surface area contributed by atoms with E-state index in [1.165, 1.54) is 25.7 Å². The van der Waals surface area contributed by atoms with Crippen molar-refractivity contribution in [2.45, 2.75) is 31.8 Å². The summed E-state index contributed by atoms with van der Waals surface area (Å²) >= 11 is 9.95. The third-order valence-corrected chi connectivity index (χ3v) is 3.18. The summed E-state index contributed by atoms with van der Waals surface area (Å²) in [5, 5.41) is 0. The Morgan fingerprint density at radius 1 is 1.25 bits per heavy atom. The van der Waals surface area contributed by atoms with E-state index in [0.717, 1.165) is 14.8 Å². The van der Waals surface area contributed by atoms with E-state index in [-0.39, 0.29) is 0 Å². The van der Waals surface area contributed by atoms with Crippen LogP contribution in [0.25, 0.3) is 0 Å². The highest BCUT2D eigenvalue weighted by atomic mass is 32.1. The summed E-state index contributed by atoms with van der Waals surface area (Å²) in [6.45, 7) is 0. The van der Waals surface area contributed by atoms with E-state index in [9.17, 15) is 0 Å². The Labute approximate surface area is 82.1 Å². The van der Waals surface area contributed by atoms with E-state index in [4.69, 9.17) is 29.2 Å². The van der Waals surface area contributed by atoms with Crippen molar-refractivity contribution in [1.82, 2.24) is 0 Å². The number of ether oxygens (including phenoxy) is 1. The second-order valence-electron chi connectivity index (χ2n) is 3.23. The van der Waals surface area contributed by atoms with Gasteiger partial charge in [0.05, 0.1) is 15.1 Å². The molecule has 0 bridgehead atoms. The quantitative estimate of drug-likeness (QED) is 0.674. The molecule has 1 aliphatic carbocycles. The normalized spacial score (nSPS) is 18.7. The van der Waals surface area contributed by atoms with Crippen LogP contribution in [-0.2, 0) is 0 Å². The van der Waals surface area contributed by atoms with Crippen molar-refractivity contribution in [2.75, 3.05) is 0 Å². The summed E-state index contributed by atoms with van der Waals surface area (Å²) in [5.41, 5.74) is 0.